The summed E-state index contributed by atoms with van der Waals surface area (Å²) in [6, 6.07) is 1.38. The summed E-state index contributed by atoms with van der Waals surface area (Å²) >= 11 is 0. The SMILES string of the molecule is O=[N+]([O-])c1cc(OC(F)(F)F)cc(S(=O)(=O)Cl)c1. The second-order valence-corrected chi connectivity index (χ2v) is 5.47. The first-order valence-corrected chi connectivity index (χ1v) is 6.30. The lowest BCUT2D eigenvalue weighted by Crippen LogP contribution is -2.17. The van der Waals surface area contributed by atoms with Crippen molar-refractivity contribution in [2.24, 2.45) is 0 Å². The van der Waals surface area contributed by atoms with Gasteiger partial charge in [-0.15, -0.1) is 13.2 Å². The summed E-state index contributed by atoms with van der Waals surface area (Å²) in [5.41, 5.74) is -0.893. The molecule has 0 atom stereocenters. The van der Waals surface area contributed by atoms with Crippen molar-refractivity contribution in [3.63, 3.8) is 0 Å². The monoisotopic (exact) mass is 305 g/mol. The van der Waals surface area contributed by atoms with Gasteiger partial charge >= 0.3 is 6.36 Å². The van der Waals surface area contributed by atoms with Crippen molar-refractivity contribution in [3.8, 4) is 5.75 Å². The van der Waals surface area contributed by atoms with Gasteiger partial charge < -0.3 is 4.74 Å². The van der Waals surface area contributed by atoms with E-state index < -0.39 is 36.7 Å². The van der Waals surface area contributed by atoms with Gasteiger partial charge in [-0.1, -0.05) is 0 Å². The van der Waals surface area contributed by atoms with Crippen LogP contribution in [0.3, 0.4) is 0 Å². The maximum atomic E-state index is 11.9. The van der Waals surface area contributed by atoms with Crippen LogP contribution in [-0.2, 0) is 9.05 Å². The lowest BCUT2D eigenvalue weighted by molar-refractivity contribution is -0.385. The van der Waals surface area contributed by atoms with Crippen LogP contribution in [0.1, 0.15) is 0 Å². The van der Waals surface area contributed by atoms with E-state index in [1.807, 2.05) is 0 Å². The number of nitrogens with zero attached hydrogens (tertiary/aromatic N) is 1. The number of halogens is 4. The fraction of sp³-hybridized carbons (Fsp3) is 0.143. The summed E-state index contributed by atoms with van der Waals surface area (Å²) in [5, 5.41) is 10.4. The smallest absolute Gasteiger partial charge is 0.405 e. The largest absolute Gasteiger partial charge is 0.573 e. The zero-order valence-corrected chi connectivity index (χ0v) is 9.71. The minimum Gasteiger partial charge on any atom is -0.405 e. The van der Waals surface area contributed by atoms with Crippen molar-refractivity contribution < 1.29 is 31.2 Å². The summed E-state index contributed by atoms with van der Waals surface area (Å²) in [5.74, 6) is -1.05. The Balaban J connectivity index is 3.36. The molecule has 0 saturated carbocycles. The van der Waals surface area contributed by atoms with Gasteiger partial charge in [-0.05, 0) is 0 Å². The van der Waals surface area contributed by atoms with Crippen molar-refractivity contribution >= 4 is 25.4 Å². The molecule has 0 aromatic heterocycles. The zero-order valence-electron chi connectivity index (χ0n) is 8.14. The van der Waals surface area contributed by atoms with Gasteiger partial charge in [0, 0.05) is 22.8 Å². The molecule has 0 N–H and O–H groups in total. The number of ether oxygens (including phenoxy) is 1. The number of benzene rings is 1. The van der Waals surface area contributed by atoms with E-state index in [4.69, 9.17) is 10.7 Å². The van der Waals surface area contributed by atoms with Gasteiger partial charge in [0.1, 0.15) is 5.75 Å². The van der Waals surface area contributed by atoms with E-state index in [1.54, 1.807) is 0 Å². The average molecular weight is 306 g/mol. The summed E-state index contributed by atoms with van der Waals surface area (Å²) in [6.07, 6.45) is -5.11. The Morgan fingerprint density at radius 1 is 1.28 bits per heavy atom. The summed E-state index contributed by atoms with van der Waals surface area (Å²) in [4.78, 5) is 8.49. The predicted octanol–water partition coefficient (Wildman–Crippen LogP) is 2.42. The van der Waals surface area contributed by atoms with Gasteiger partial charge in [0.15, 0.2) is 0 Å². The lowest BCUT2D eigenvalue weighted by Gasteiger charge is -2.09. The van der Waals surface area contributed by atoms with Crippen LogP contribution >= 0.6 is 10.7 Å². The standard InChI is InChI=1S/C7H3ClF3NO5S/c8-18(15,16)6-2-4(12(13)14)1-5(3-6)17-7(9,10)11/h1-3H. The third kappa shape index (κ3) is 4.04. The van der Waals surface area contributed by atoms with Crippen LogP contribution in [0, 0.1) is 10.1 Å². The minimum atomic E-state index is -5.11. The number of hydrogen-bond donors (Lipinski definition) is 0. The molecule has 0 aliphatic heterocycles. The molecule has 0 bridgehead atoms. The average Bonchev–Trinajstić information content (AvgIpc) is 2.12. The molecule has 1 aromatic carbocycles. The summed E-state index contributed by atoms with van der Waals surface area (Å²) < 4.78 is 61.0. The molecule has 6 nitrogen and oxygen atoms in total. The Morgan fingerprint density at radius 2 is 1.83 bits per heavy atom. The van der Waals surface area contributed by atoms with E-state index >= 15 is 0 Å². The van der Waals surface area contributed by atoms with Crippen LogP contribution in [0.4, 0.5) is 18.9 Å². The van der Waals surface area contributed by atoms with Gasteiger partial charge in [0.05, 0.1) is 15.9 Å². The van der Waals surface area contributed by atoms with Crippen molar-refractivity contribution in [2.45, 2.75) is 11.3 Å². The summed E-state index contributed by atoms with van der Waals surface area (Å²) in [6.45, 7) is 0. The fourth-order valence-electron chi connectivity index (χ4n) is 0.995. The molecule has 0 aliphatic rings. The van der Waals surface area contributed by atoms with E-state index in [1.165, 1.54) is 0 Å². The first-order chi connectivity index (χ1) is 7.99. The Hall–Kier alpha value is -1.55. The molecule has 1 rings (SSSR count). The van der Waals surface area contributed by atoms with E-state index in [2.05, 4.69) is 4.74 Å². The third-order valence-corrected chi connectivity index (χ3v) is 2.92. The Labute approximate surface area is 102 Å². The second kappa shape index (κ2) is 4.61. The van der Waals surface area contributed by atoms with E-state index in [0.717, 1.165) is 0 Å². The highest BCUT2D eigenvalue weighted by atomic mass is 35.7. The third-order valence-electron chi connectivity index (χ3n) is 1.59. The number of rotatable bonds is 3. The molecule has 0 amide bonds. The number of nitro groups is 1. The van der Waals surface area contributed by atoms with Gasteiger partial charge in [0.2, 0.25) is 0 Å². The number of hydrogen-bond acceptors (Lipinski definition) is 5. The maximum absolute atomic E-state index is 11.9. The van der Waals surface area contributed by atoms with Gasteiger partial charge in [-0.2, -0.15) is 0 Å². The first-order valence-electron chi connectivity index (χ1n) is 3.99. The van der Waals surface area contributed by atoms with Crippen molar-refractivity contribution in [1.82, 2.24) is 0 Å². The molecule has 100 valence electrons. The lowest BCUT2D eigenvalue weighted by atomic mass is 10.3. The summed E-state index contributed by atoms with van der Waals surface area (Å²) in [7, 11) is 0.475. The van der Waals surface area contributed by atoms with Crippen molar-refractivity contribution in [3.05, 3.63) is 28.3 Å². The highest BCUT2D eigenvalue weighted by Crippen LogP contribution is 2.30. The quantitative estimate of drug-likeness (QED) is 0.486. The molecule has 0 saturated heterocycles. The number of alkyl halides is 3. The van der Waals surface area contributed by atoms with Gasteiger partial charge in [-0.25, -0.2) is 8.42 Å². The molecule has 18 heavy (non-hydrogen) atoms. The van der Waals surface area contributed by atoms with Crippen LogP contribution in [0.2, 0.25) is 0 Å². The van der Waals surface area contributed by atoms with Crippen LogP contribution < -0.4 is 4.74 Å². The van der Waals surface area contributed by atoms with Gasteiger partial charge in [-0.3, -0.25) is 10.1 Å². The molecule has 0 unspecified atom stereocenters. The molecule has 0 aliphatic carbocycles. The molecule has 0 spiro atoms. The minimum absolute atomic E-state index is 0.430. The van der Waals surface area contributed by atoms with E-state index in [-0.39, 0.29) is 0 Å². The van der Waals surface area contributed by atoms with Crippen LogP contribution in [0.15, 0.2) is 23.1 Å². The van der Waals surface area contributed by atoms with Crippen LogP contribution in [0.5, 0.6) is 5.75 Å². The number of non-ortho nitro benzene ring substituents is 1. The van der Waals surface area contributed by atoms with E-state index in [0.29, 0.717) is 18.2 Å². The molecule has 0 heterocycles. The Bertz CT molecular complexity index is 585. The first kappa shape index (κ1) is 14.5. The highest BCUT2D eigenvalue weighted by Gasteiger charge is 2.32. The number of nitro benzene ring substituents is 1. The topological polar surface area (TPSA) is 86.5 Å². The van der Waals surface area contributed by atoms with Crippen LogP contribution in [0.25, 0.3) is 0 Å². The molecular formula is C7H3ClF3NO5S. The molecule has 0 radical (unpaired) electrons. The highest BCUT2D eigenvalue weighted by molar-refractivity contribution is 8.13. The van der Waals surface area contributed by atoms with Crippen LogP contribution in [-0.4, -0.2) is 19.7 Å². The predicted molar refractivity (Wildman–Crippen MR) is 52.8 cm³/mol. The van der Waals surface area contributed by atoms with Gasteiger partial charge in [0.25, 0.3) is 14.7 Å². The maximum Gasteiger partial charge on any atom is 0.573 e. The molecule has 0 fully saturated rings. The zero-order chi connectivity index (χ0) is 14.1. The normalized spacial score (nSPS) is 12.2. The van der Waals surface area contributed by atoms with E-state index in [9.17, 15) is 31.7 Å². The molecule has 1 aromatic rings. The Kier molecular flexibility index (Phi) is 3.72. The van der Waals surface area contributed by atoms with Crippen molar-refractivity contribution in [1.29, 1.82) is 0 Å². The second-order valence-electron chi connectivity index (χ2n) is 2.91. The fourth-order valence-corrected chi connectivity index (χ4v) is 1.78. The Morgan fingerprint density at radius 3 is 2.22 bits per heavy atom. The molecular weight excluding hydrogens is 303 g/mol. The molecule has 11 heteroatoms. The van der Waals surface area contributed by atoms with Crippen molar-refractivity contribution in [2.75, 3.05) is 0 Å².